The van der Waals surface area contributed by atoms with Gasteiger partial charge in [0.25, 0.3) is 0 Å². The second-order valence-corrected chi connectivity index (χ2v) is 9.02. The standard InChI is InChI=1S/C25H52N2O2.7C2H6/c1-4-5-6-7-8-9-10-11-12-13-14-15-16-17-18-19-20-29-22-23(2)21-27-25(28)24(3)26;7*1-2/h23-24H,4-22,26H2,1-3H3,(H,27,28);7*1-2H3/t23?,24-;;;;;;;/m1......./s1. The Balaban J connectivity index is -0.000000127. The number of nitrogens with one attached hydrogen (secondary N) is 1. The molecule has 0 aliphatic heterocycles. The summed E-state index contributed by atoms with van der Waals surface area (Å²) in [4.78, 5) is 11.4. The quantitative estimate of drug-likeness (QED) is 0.118. The molecule has 3 N–H and O–H groups in total. The molecular formula is C39H94N2O2. The van der Waals surface area contributed by atoms with E-state index in [9.17, 15) is 4.79 Å². The number of amides is 1. The zero-order valence-electron chi connectivity index (χ0n) is 34.0. The lowest BCUT2D eigenvalue weighted by atomic mass is 10.0. The predicted molar refractivity (Wildman–Crippen MR) is 206 cm³/mol. The minimum Gasteiger partial charge on any atom is -0.381 e. The molecule has 0 aromatic carbocycles. The van der Waals surface area contributed by atoms with Gasteiger partial charge in [-0.3, -0.25) is 4.79 Å². The molecule has 1 amide bonds. The number of hydrogen-bond donors (Lipinski definition) is 2. The van der Waals surface area contributed by atoms with Crippen LogP contribution in [0.3, 0.4) is 0 Å². The summed E-state index contributed by atoms with van der Waals surface area (Å²) in [5.74, 6) is 0.244. The first-order valence-electron chi connectivity index (χ1n) is 19.7. The van der Waals surface area contributed by atoms with Gasteiger partial charge in [0.1, 0.15) is 0 Å². The average molecular weight is 623 g/mol. The molecule has 2 atom stereocenters. The molecule has 272 valence electrons. The van der Waals surface area contributed by atoms with E-state index < -0.39 is 6.04 Å². The number of nitrogens with two attached hydrogens (primary N) is 1. The number of rotatable bonds is 22. The molecule has 0 aromatic rings. The maximum Gasteiger partial charge on any atom is 0.236 e. The van der Waals surface area contributed by atoms with E-state index in [0.29, 0.717) is 19.1 Å². The van der Waals surface area contributed by atoms with Crippen LogP contribution in [0.4, 0.5) is 0 Å². The summed E-state index contributed by atoms with van der Waals surface area (Å²) in [6.45, 7) is 36.3. The van der Waals surface area contributed by atoms with Crippen LogP contribution in [0, 0.1) is 5.92 Å². The third-order valence-corrected chi connectivity index (χ3v) is 5.58. The Bertz CT molecular complexity index is 350. The largest absolute Gasteiger partial charge is 0.381 e. The SMILES string of the molecule is CC.CC.CC.CC.CC.CC.CC.CCCCCCCCCCCCCCCCCCOCC(C)CNC(=O)[C@@H](C)N. The molecule has 4 heteroatoms. The molecule has 0 fully saturated rings. The summed E-state index contributed by atoms with van der Waals surface area (Å²) in [5.41, 5.74) is 5.53. The van der Waals surface area contributed by atoms with Crippen molar-refractivity contribution in [2.75, 3.05) is 19.8 Å². The average Bonchev–Trinajstić information content (AvgIpc) is 3.09. The Hall–Kier alpha value is -0.610. The minimum atomic E-state index is -0.437. The highest BCUT2D eigenvalue weighted by molar-refractivity contribution is 5.80. The van der Waals surface area contributed by atoms with E-state index in [4.69, 9.17) is 10.5 Å². The number of hydrogen-bond acceptors (Lipinski definition) is 3. The monoisotopic (exact) mass is 623 g/mol. The summed E-state index contributed by atoms with van der Waals surface area (Å²) < 4.78 is 5.72. The molecule has 0 aliphatic rings. The lowest BCUT2D eigenvalue weighted by Crippen LogP contribution is -2.40. The van der Waals surface area contributed by atoms with Gasteiger partial charge in [0.2, 0.25) is 5.91 Å². The third kappa shape index (κ3) is 79.7. The normalized spacial score (nSPS) is 10.0. The number of ether oxygens (including phenoxy) is 1. The predicted octanol–water partition coefficient (Wildman–Crippen LogP) is 13.5. The Morgan fingerprint density at radius 1 is 0.535 bits per heavy atom. The zero-order valence-corrected chi connectivity index (χ0v) is 34.0. The fourth-order valence-electron chi connectivity index (χ4n) is 3.53. The summed E-state index contributed by atoms with van der Waals surface area (Å²) >= 11 is 0. The van der Waals surface area contributed by atoms with Crippen LogP contribution in [0.2, 0.25) is 0 Å². The second-order valence-electron chi connectivity index (χ2n) is 9.02. The Labute approximate surface area is 278 Å². The van der Waals surface area contributed by atoms with E-state index >= 15 is 0 Å². The minimum absolute atomic E-state index is 0.0883. The van der Waals surface area contributed by atoms with Gasteiger partial charge in [0.05, 0.1) is 12.6 Å². The molecule has 0 aliphatic carbocycles. The topological polar surface area (TPSA) is 64.3 Å². The van der Waals surface area contributed by atoms with Gasteiger partial charge in [-0.1, -0.05) is 207 Å². The first kappa shape index (κ1) is 61.4. The molecular weight excluding hydrogens is 528 g/mol. The van der Waals surface area contributed by atoms with E-state index in [0.717, 1.165) is 13.0 Å². The van der Waals surface area contributed by atoms with Gasteiger partial charge >= 0.3 is 0 Å². The van der Waals surface area contributed by atoms with Gasteiger partial charge in [0, 0.05) is 13.2 Å². The van der Waals surface area contributed by atoms with E-state index in [2.05, 4.69) is 19.2 Å². The van der Waals surface area contributed by atoms with Crippen molar-refractivity contribution in [3.8, 4) is 0 Å². The molecule has 0 saturated heterocycles. The van der Waals surface area contributed by atoms with Crippen molar-refractivity contribution in [1.29, 1.82) is 0 Å². The van der Waals surface area contributed by atoms with Crippen LogP contribution in [0.1, 0.15) is 220 Å². The van der Waals surface area contributed by atoms with Crippen LogP contribution in [-0.4, -0.2) is 31.7 Å². The highest BCUT2D eigenvalue weighted by atomic mass is 16.5. The van der Waals surface area contributed by atoms with Gasteiger partial charge in [-0.15, -0.1) is 0 Å². The summed E-state index contributed by atoms with van der Waals surface area (Å²) in [6.07, 6.45) is 22.3. The molecule has 1 unspecified atom stereocenters. The third-order valence-electron chi connectivity index (χ3n) is 5.58. The Morgan fingerprint density at radius 2 is 0.814 bits per heavy atom. The van der Waals surface area contributed by atoms with E-state index in [1.54, 1.807) is 6.92 Å². The first-order valence-corrected chi connectivity index (χ1v) is 19.7. The molecule has 0 radical (unpaired) electrons. The van der Waals surface area contributed by atoms with Gasteiger partial charge in [-0.25, -0.2) is 0 Å². The van der Waals surface area contributed by atoms with Crippen molar-refractivity contribution in [1.82, 2.24) is 5.32 Å². The molecule has 0 heterocycles. The van der Waals surface area contributed by atoms with Gasteiger partial charge in [-0.05, 0) is 19.3 Å². The molecule has 0 bridgehead atoms. The van der Waals surface area contributed by atoms with Gasteiger partial charge in [0.15, 0.2) is 0 Å². The number of carbonyl (C=O) groups is 1. The smallest absolute Gasteiger partial charge is 0.236 e. The van der Waals surface area contributed by atoms with Crippen LogP contribution in [-0.2, 0) is 9.53 Å². The highest BCUT2D eigenvalue weighted by Gasteiger charge is 2.09. The van der Waals surface area contributed by atoms with Crippen LogP contribution in [0.15, 0.2) is 0 Å². The van der Waals surface area contributed by atoms with Crippen molar-refractivity contribution in [3.05, 3.63) is 0 Å². The first-order chi connectivity index (χ1) is 21.1. The van der Waals surface area contributed by atoms with E-state index in [1.807, 2.05) is 96.9 Å². The molecule has 0 aromatic heterocycles. The van der Waals surface area contributed by atoms with Gasteiger partial charge in [-0.2, -0.15) is 0 Å². The Morgan fingerprint density at radius 3 is 1.09 bits per heavy atom. The van der Waals surface area contributed by atoms with Crippen molar-refractivity contribution in [2.24, 2.45) is 11.7 Å². The van der Waals surface area contributed by atoms with Crippen LogP contribution in [0.5, 0.6) is 0 Å². The van der Waals surface area contributed by atoms with Crippen LogP contribution < -0.4 is 11.1 Å². The van der Waals surface area contributed by atoms with Crippen LogP contribution in [0.25, 0.3) is 0 Å². The Kier molecular flexibility index (Phi) is 112. The van der Waals surface area contributed by atoms with Crippen molar-refractivity contribution >= 4 is 5.91 Å². The fourth-order valence-corrected chi connectivity index (χ4v) is 3.53. The second kappa shape index (κ2) is 78.2. The maximum atomic E-state index is 11.4. The lowest BCUT2D eigenvalue weighted by Gasteiger charge is -2.14. The summed E-state index contributed by atoms with van der Waals surface area (Å²) in [5, 5.41) is 2.85. The number of unbranched alkanes of at least 4 members (excludes halogenated alkanes) is 15. The molecule has 0 spiro atoms. The molecule has 0 saturated carbocycles. The molecule has 43 heavy (non-hydrogen) atoms. The molecule has 4 nitrogen and oxygen atoms in total. The van der Waals surface area contributed by atoms with Gasteiger partial charge < -0.3 is 15.8 Å². The highest BCUT2D eigenvalue weighted by Crippen LogP contribution is 2.13. The summed E-state index contributed by atoms with van der Waals surface area (Å²) in [7, 11) is 0. The van der Waals surface area contributed by atoms with Crippen LogP contribution >= 0.6 is 0 Å². The molecule has 0 rings (SSSR count). The van der Waals surface area contributed by atoms with E-state index in [-0.39, 0.29) is 5.91 Å². The fraction of sp³-hybridized carbons (Fsp3) is 0.974. The lowest BCUT2D eigenvalue weighted by molar-refractivity contribution is -0.122. The van der Waals surface area contributed by atoms with Crippen molar-refractivity contribution < 1.29 is 9.53 Å². The zero-order chi connectivity index (χ0) is 35.6. The number of carbonyl (C=O) groups excluding carboxylic acids is 1. The maximum absolute atomic E-state index is 11.4. The van der Waals surface area contributed by atoms with E-state index in [1.165, 1.54) is 96.3 Å². The van der Waals surface area contributed by atoms with Crippen molar-refractivity contribution in [3.63, 3.8) is 0 Å². The summed E-state index contributed by atoms with van der Waals surface area (Å²) in [6, 6.07) is -0.437. The van der Waals surface area contributed by atoms with Crippen molar-refractivity contribution in [2.45, 2.75) is 226 Å².